The maximum atomic E-state index is 14.0. The van der Waals surface area contributed by atoms with Crippen LogP contribution in [0.2, 0.25) is 5.28 Å². The highest BCUT2D eigenvalue weighted by Crippen LogP contribution is 2.42. The number of carbonyl (C=O) groups is 1. The van der Waals surface area contributed by atoms with Gasteiger partial charge in [-0.1, -0.05) is 108 Å². The Kier molecular flexibility index (Phi) is 11.1. The molecular weight excluding hydrogens is 440 g/mol. The third-order valence-corrected chi connectivity index (χ3v) is 8.44. The molecule has 0 saturated carbocycles. The van der Waals surface area contributed by atoms with Crippen molar-refractivity contribution >= 4 is 51.3 Å². The van der Waals surface area contributed by atoms with Gasteiger partial charge in [-0.15, -0.1) is 12.7 Å². The summed E-state index contributed by atoms with van der Waals surface area (Å²) in [5.74, 6) is 0. The molecule has 0 aliphatic carbocycles. The number of para-hydroxylation sites is 1. The van der Waals surface area contributed by atoms with Gasteiger partial charge >= 0.3 is 0 Å². The molecule has 0 atom stereocenters. The largest absolute Gasteiger partial charge is 0.399 e. The van der Waals surface area contributed by atoms with E-state index in [-0.39, 0.29) is 0 Å². The molecule has 166 valence electrons. The highest BCUT2D eigenvalue weighted by molar-refractivity contribution is 7.85. The number of rotatable bonds is 5. The lowest BCUT2D eigenvalue weighted by Gasteiger charge is -2.21. The first-order chi connectivity index (χ1) is 16.1. The molecule has 0 aliphatic rings. The van der Waals surface area contributed by atoms with Crippen LogP contribution in [-0.2, 0) is 4.57 Å². The lowest BCUT2D eigenvalue weighted by Crippen LogP contribution is -2.27. The second-order valence-electron chi connectivity index (χ2n) is 7.06. The number of hydrogen-bond donors (Lipinski definition) is 1. The van der Waals surface area contributed by atoms with E-state index in [9.17, 15) is 9.36 Å². The minimum Gasteiger partial charge on any atom is -0.399 e. The third-order valence-electron chi connectivity index (χ3n) is 4.73. The molecule has 0 saturated heterocycles. The van der Waals surface area contributed by atoms with Gasteiger partial charge in [0.15, 0.2) is 13.4 Å². The summed E-state index contributed by atoms with van der Waals surface area (Å²) in [6.45, 7) is 3.51. The van der Waals surface area contributed by atoms with E-state index in [4.69, 9.17) is 5.73 Å². The molecule has 3 nitrogen and oxygen atoms in total. The number of nitrogens with two attached hydrogens (primary N) is 1. The summed E-state index contributed by atoms with van der Waals surface area (Å²) in [7, 11) is -3.06. The molecule has 0 radical (unpaired) electrons. The van der Waals surface area contributed by atoms with Gasteiger partial charge in [0.1, 0.15) is 0 Å². The Labute approximate surface area is 204 Å². The predicted molar refractivity (Wildman–Crippen MR) is 146 cm³/mol. The van der Waals surface area contributed by atoms with Gasteiger partial charge in [-0.05, 0) is 12.1 Å². The summed E-state index contributed by atoms with van der Waals surface area (Å²) >= 11 is 1.27. The van der Waals surface area contributed by atoms with Crippen LogP contribution in [0.25, 0.3) is 0 Å². The molecule has 33 heavy (non-hydrogen) atoms. The van der Waals surface area contributed by atoms with E-state index < -0.39 is 7.14 Å². The molecule has 4 aromatic carbocycles. The summed E-state index contributed by atoms with van der Waals surface area (Å²) in [5, 5.41) is 3.27. The van der Waals surface area contributed by atoms with Crippen molar-refractivity contribution in [2.75, 3.05) is 5.73 Å². The summed E-state index contributed by atoms with van der Waals surface area (Å²) in [6, 6.07) is 35.3. The molecular formula is C28H29AlNO2P. The van der Waals surface area contributed by atoms with Gasteiger partial charge < -0.3 is 10.3 Å². The van der Waals surface area contributed by atoms with Crippen molar-refractivity contribution in [1.82, 2.24) is 0 Å². The second kappa shape index (κ2) is 14.1. The van der Waals surface area contributed by atoms with Gasteiger partial charge in [0.25, 0.3) is 0 Å². The molecule has 0 aromatic heterocycles. The van der Waals surface area contributed by atoms with E-state index in [0.29, 0.717) is 10.9 Å². The van der Waals surface area contributed by atoms with E-state index in [1.165, 1.54) is 21.6 Å². The average Bonchev–Trinajstić information content (AvgIpc) is 2.90. The van der Waals surface area contributed by atoms with Crippen LogP contribution in [0.1, 0.15) is 10.4 Å². The van der Waals surface area contributed by atoms with Crippen LogP contribution >= 0.6 is 7.14 Å². The maximum absolute atomic E-state index is 14.0. The highest BCUT2D eigenvalue weighted by Gasteiger charge is 2.31. The standard InChI is InChI=1S/C19H15O2P.C6H7N.C3H5.Al.2H/c20-15-16-9-7-8-14-19(16)22(21,17-10-3-1-4-11-17)18-12-5-2-6-13-18;7-6-4-2-1-3-5-6;1-3-2;;;/h1-15H;1-5H,7H2;3H,1-2H2;;;. The van der Waals surface area contributed by atoms with Gasteiger partial charge in [-0.2, -0.15) is 0 Å². The number of carbonyl (C=O) groups excluding carboxylic acids is 1. The Morgan fingerprint density at radius 3 is 1.48 bits per heavy atom. The molecule has 0 aliphatic heterocycles. The van der Waals surface area contributed by atoms with Crippen molar-refractivity contribution in [2.45, 2.75) is 5.28 Å². The van der Waals surface area contributed by atoms with Crippen molar-refractivity contribution in [3.63, 3.8) is 0 Å². The molecule has 4 rings (SSSR count). The molecule has 0 bridgehead atoms. The minimum atomic E-state index is -3.06. The first-order valence-corrected chi connectivity index (χ1v) is 13.9. The zero-order chi connectivity index (χ0) is 23.9. The Hall–Kier alpha value is -3.15. The van der Waals surface area contributed by atoms with Crippen LogP contribution in [0, 0.1) is 0 Å². The normalized spacial score (nSPS) is 9.94. The SMILES string of the molecule is C=C[CH2][AlH2].Nc1ccccc1.O=Cc1ccccc1P(=O)(c1ccccc1)c1ccccc1. The first-order valence-electron chi connectivity index (χ1n) is 10.7. The van der Waals surface area contributed by atoms with Crippen LogP contribution < -0.4 is 21.6 Å². The quantitative estimate of drug-likeness (QED) is 0.152. The fraction of sp³-hybridized carbons (Fsp3) is 0.0357. The Morgan fingerprint density at radius 1 is 0.727 bits per heavy atom. The molecule has 0 spiro atoms. The molecule has 2 N–H and O–H groups in total. The summed E-state index contributed by atoms with van der Waals surface area (Å²) < 4.78 is 14.0. The Morgan fingerprint density at radius 2 is 1.12 bits per heavy atom. The van der Waals surface area contributed by atoms with Crippen molar-refractivity contribution in [3.8, 4) is 0 Å². The minimum absolute atomic E-state index is 0.471. The maximum Gasteiger partial charge on any atom is 0.217 e. The van der Waals surface area contributed by atoms with Gasteiger partial charge in [0.05, 0.1) is 0 Å². The second-order valence-corrected chi connectivity index (χ2v) is 10.6. The topological polar surface area (TPSA) is 60.2 Å². The van der Waals surface area contributed by atoms with E-state index in [0.717, 1.165) is 22.6 Å². The fourth-order valence-electron chi connectivity index (χ4n) is 3.03. The number of anilines is 1. The van der Waals surface area contributed by atoms with Crippen LogP contribution in [0.5, 0.6) is 0 Å². The number of benzene rings is 4. The number of aldehydes is 1. The monoisotopic (exact) mass is 469 g/mol. The number of allylic oxidation sites excluding steroid dienone is 1. The Balaban J connectivity index is 0.000000290. The van der Waals surface area contributed by atoms with Crippen LogP contribution in [-0.4, -0.2) is 22.6 Å². The number of nitrogen functional groups attached to an aromatic ring is 1. The lowest BCUT2D eigenvalue weighted by molar-refractivity contribution is 0.112. The Bertz CT molecular complexity index is 1120. The van der Waals surface area contributed by atoms with E-state index in [1.807, 2.05) is 103 Å². The van der Waals surface area contributed by atoms with Crippen molar-refractivity contribution < 1.29 is 9.36 Å². The molecule has 0 amide bonds. The summed E-state index contributed by atoms with van der Waals surface area (Å²) in [6.07, 6.45) is 2.71. The van der Waals surface area contributed by atoms with E-state index >= 15 is 0 Å². The van der Waals surface area contributed by atoms with Gasteiger partial charge in [0.2, 0.25) is 16.3 Å². The molecule has 0 fully saturated rings. The third kappa shape index (κ3) is 7.45. The predicted octanol–water partition coefficient (Wildman–Crippen LogP) is 4.63. The van der Waals surface area contributed by atoms with Gasteiger partial charge in [-0.25, -0.2) is 0 Å². The summed E-state index contributed by atoms with van der Waals surface area (Å²) in [4.78, 5) is 11.4. The zero-order valence-electron chi connectivity index (χ0n) is 18.9. The average molecular weight is 470 g/mol. The lowest BCUT2D eigenvalue weighted by atomic mass is 10.2. The smallest absolute Gasteiger partial charge is 0.217 e. The van der Waals surface area contributed by atoms with Crippen LogP contribution in [0.15, 0.2) is 128 Å². The zero-order valence-corrected chi connectivity index (χ0v) is 21.8. The van der Waals surface area contributed by atoms with E-state index in [1.54, 1.807) is 18.2 Å². The molecule has 5 heteroatoms. The highest BCUT2D eigenvalue weighted by atomic mass is 31.2. The molecule has 0 unspecified atom stereocenters. The van der Waals surface area contributed by atoms with Crippen molar-refractivity contribution in [2.24, 2.45) is 0 Å². The first kappa shape index (κ1) is 26.1. The van der Waals surface area contributed by atoms with Crippen molar-refractivity contribution in [1.29, 1.82) is 0 Å². The van der Waals surface area contributed by atoms with Crippen molar-refractivity contribution in [3.05, 3.63) is 133 Å². The molecule has 0 heterocycles. The van der Waals surface area contributed by atoms with Gasteiger partial charge in [0, 0.05) is 27.2 Å². The van der Waals surface area contributed by atoms with E-state index in [2.05, 4.69) is 6.58 Å². The fourth-order valence-corrected chi connectivity index (χ4v) is 5.86. The van der Waals surface area contributed by atoms with Crippen LogP contribution in [0.3, 0.4) is 0 Å². The summed E-state index contributed by atoms with van der Waals surface area (Å²) in [5.41, 5.74) is 6.65. The van der Waals surface area contributed by atoms with Gasteiger partial charge in [-0.3, -0.25) is 4.79 Å². The van der Waals surface area contributed by atoms with Crippen LogP contribution in [0.4, 0.5) is 5.69 Å². The number of hydrogen-bond acceptors (Lipinski definition) is 3. The molecule has 4 aromatic rings.